The number of rotatable bonds is 14. The number of nitrogens with one attached hydrogen (secondary N) is 5. The van der Waals surface area contributed by atoms with Gasteiger partial charge in [0.15, 0.2) is 0 Å². The number of benzene rings is 8. The number of aliphatic imine (C=N–C) groups is 3. The van der Waals surface area contributed by atoms with Crippen molar-refractivity contribution in [2.24, 2.45) is 15.0 Å². The van der Waals surface area contributed by atoms with Crippen LogP contribution in [0.2, 0.25) is 15.1 Å². The Morgan fingerprint density at radius 3 is 1.08 bits per heavy atom. The van der Waals surface area contributed by atoms with Crippen LogP contribution in [0, 0.1) is 69.8 Å². The molecule has 5 N–H and O–H groups in total. The van der Waals surface area contributed by atoms with Crippen molar-refractivity contribution < 1.29 is 76.7 Å². The smallest absolute Gasteiger partial charge is 0.251 e. The van der Waals surface area contributed by atoms with Crippen LogP contribution in [-0.4, -0.2) is 57.8 Å². The molecule has 0 saturated carbocycles. The summed E-state index contributed by atoms with van der Waals surface area (Å²) in [7, 11) is 0. The van der Waals surface area contributed by atoms with Gasteiger partial charge in [0.25, 0.3) is 17.7 Å². The molecule has 8 aromatic rings. The molecule has 0 radical (unpaired) electrons. The lowest BCUT2D eigenvalue weighted by Gasteiger charge is -2.34. The van der Waals surface area contributed by atoms with Gasteiger partial charge >= 0.3 is 0 Å². The monoisotopic (exact) mass is 1550 g/mol. The highest BCUT2D eigenvalue weighted by Crippen LogP contribution is 2.42. The largest absolute Gasteiger partial charge is 0.352 e. The van der Waals surface area contributed by atoms with E-state index in [-0.39, 0.29) is 88.5 Å². The zero-order chi connectivity index (χ0) is 77.9. The minimum Gasteiger partial charge on any atom is -0.352 e. The molecule has 11 rings (SSSR count). The van der Waals surface area contributed by atoms with E-state index in [0.717, 1.165) is 59.3 Å². The first-order valence-corrected chi connectivity index (χ1v) is 33.3. The summed E-state index contributed by atoms with van der Waals surface area (Å²) in [6, 6.07) is 27.6. The zero-order valence-electron chi connectivity index (χ0n) is 56.9. The van der Waals surface area contributed by atoms with E-state index >= 15 is 0 Å². The Balaban J connectivity index is 0.000000197. The van der Waals surface area contributed by atoms with Crippen molar-refractivity contribution in [2.75, 3.05) is 6.54 Å². The number of likely N-dealkylation sites (N-methyl/N-ethyl adjacent to an activating group) is 1. The van der Waals surface area contributed by atoms with Crippen LogP contribution in [0.1, 0.15) is 130 Å². The van der Waals surface area contributed by atoms with Crippen molar-refractivity contribution in [2.45, 2.75) is 85.6 Å². The molecule has 4 amide bonds. The van der Waals surface area contributed by atoms with Gasteiger partial charge in [-0.25, -0.2) is 52.7 Å². The molecule has 0 aliphatic carbocycles. The van der Waals surface area contributed by atoms with E-state index in [4.69, 9.17) is 34.8 Å². The van der Waals surface area contributed by atoms with Gasteiger partial charge in [-0.2, -0.15) is 0 Å². The fraction of sp³-hybridized carbons (Fsp3) is 0.184. The van der Waals surface area contributed by atoms with E-state index in [2.05, 4.69) is 53.2 Å². The fourth-order valence-electron chi connectivity index (χ4n) is 11.4. The molecule has 0 fully saturated rings. The van der Waals surface area contributed by atoms with E-state index < -0.39 is 140 Å². The molecule has 0 unspecified atom stereocenters. The molecule has 0 aromatic heterocycles. The van der Waals surface area contributed by atoms with Gasteiger partial charge in [0, 0.05) is 106 Å². The van der Waals surface area contributed by atoms with Gasteiger partial charge in [-0.1, -0.05) is 114 Å². The van der Waals surface area contributed by atoms with Gasteiger partial charge in [-0.3, -0.25) is 43.8 Å². The van der Waals surface area contributed by atoms with Crippen LogP contribution < -0.4 is 26.6 Å². The molecule has 14 nitrogen and oxygen atoms in total. The molecule has 0 spiro atoms. The highest BCUT2D eigenvalue weighted by Gasteiger charge is 2.40. The molecule has 30 heteroatoms. The third-order valence-corrected chi connectivity index (χ3v) is 17.1. The van der Waals surface area contributed by atoms with Gasteiger partial charge in [0.05, 0.1) is 45.5 Å². The normalized spacial score (nSPS) is 16.0. The minimum atomic E-state index is -1.30. The predicted octanol–water partition coefficient (Wildman–Crippen LogP) is 17.7. The summed E-state index contributed by atoms with van der Waals surface area (Å²) in [5.74, 6) is -15.7. The third kappa shape index (κ3) is 19.3. The van der Waals surface area contributed by atoms with Crippen molar-refractivity contribution in [1.82, 2.24) is 31.5 Å². The Labute approximate surface area is 619 Å². The fourth-order valence-corrected chi connectivity index (χ4v) is 12.2. The first kappa shape index (κ1) is 81.1. The Kier molecular flexibility index (Phi) is 27.2. The zero-order valence-corrected chi connectivity index (χ0v) is 59.9. The van der Waals surface area contributed by atoms with Crippen LogP contribution in [-0.2, 0) is 24.0 Å². The van der Waals surface area contributed by atoms with Gasteiger partial charge in [-0.15, -0.1) is 0 Å². The van der Waals surface area contributed by atoms with Gasteiger partial charge in [0.1, 0.15) is 105 Å². The predicted molar refractivity (Wildman–Crippen MR) is 379 cm³/mol. The first-order chi connectivity index (χ1) is 50.1. The van der Waals surface area contributed by atoms with Crippen LogP contribution in [0.25, 0.3) is 0 Å². The number of amidine groups is 3. The maximum Gasteiger partial charge on any atom is 0.251 e. The summed E-state index contributed by atoms with van der Waals surface area (Å²) in [5.41, 5.74) is 1.22. The molecule has 0 saturated heterocycles. The number of carbonyl (C=O) groups excluding carboxylic acids is 5. The molecule has 3 aliphatic heterocycles. The Hall–Kier alpha value is -10.5. The highest BCUT2D eigenvalue weighted by molar-refractivity contribution is 6.62. The summed E-state index contributed by atoms with van der Waals surface area (Å²) < 4.78 is 169. The molecule has 3 heterocycles. The van der Waals surface area contributed by atoms with E-state index in [1.807, 2.05) is 60.7 Å². The molecular formula is C76H61Cl4F12N9O5. The minimum absolute atomic E-state index is 0.00496. The van der Waals surface area contributed by atoms with Crippen molar-refractivity contribution in [1.29, 1.82) is 0 Å². The lowest BCUT2D eigenvalue weighted by atomic mass is 9.93. The van der Waals surface area contributed by atoms with Crippen molar-refractivity contribution in [3.63, 3.8) is 0 Å². The summed E-state index contributed by atoms with van der Waals surface area (Å²) in [6.07, 6.45) is 0. The van der Waals surface area contributed by atoms with Gasteiger partial charge in [0.2, 0.25) is 11.1 Å². The number of nitrogens with zero attached hydrogens (tertiary/aromatic N) is 4. The van der Waals surface area contributed by atoms with Crippen LogP contribution >= 0.6 is 46.4 Å². The van der Waals surface area contributed by atoms with Crippen LogP contribution in [0.4, 0.5) is 52.7 Å². The number of hydrogen-bond acceptors (Lipinski definition) is 10. The van der Waals surface area contributed by atoms with Gasteiger partial charge < -0.3 is 26.6 Å². The lowest BCUT2D eigenvalue weighted by molar-refractivity contribution is -0.124. The highest BCUT2D eigenvalue weighted by atomic mass is 35.5. The molecule has 552 valence electrons. The summed E-state index contributed by atoms with van der Waals surface area (Å²) in [6.45, 7) is 12.5. The van der Waals surface area contributed by atoms with Crippen LogP contribution in [0.3, 0.4) is 0 Å². The van der Waals surface area contributed by atoms with Crippen molar-refractivity contribution in [3.8, 4) is 0 Å². The SMILES string of the molecule is CC(=O)Cl.CC(=O)N1C(c2c(F)cc(F)cc2F)=N[C@@H](c2ccc(F)cc2Cl)C(C(=O)N[C@H](C)c2ccccc2)=C1C.CC1=C(C(=O)N[C@H](C)c2ccccc2)[C@H](c2ccc(F)cc2Cl)N=C(c2c(F)cc(F)cc2F)N1.CCNC(=O)C1=C(C)NC(c2c(F)cc(F)cc2F)=N[C@H]1c1ccc(F)cc1Cl. The number of allylic oxidation sites excluding steroid dienone is 3. The number of carbonyl (C=O) groups is 5. The number of hydrogen-bond donors (Lipinski definition) is 5. The van der Waals surface area contributed by atoms with Gasteiger partial charge in [-0.05, 0) is 101 Å². The number of amides is 4. The lowest BCUT2D eigenvalue weighted by Crippen LogP contribution is -2.42. The van der Waals surface area contributed by atoms with E-state index in [9.17, 15) is 76.7 Å². The molecule has 106 heavy (non-hydrogen) atoms. The maximum atomic E-state index is 14.9. The molecular weight excluding hydrogens is 1490 g/mol. The molecule has 3 aliphatic rings. The summed E-state index contributed by atoms with van der Waals surface area (Å²) in [4.78, 5) is 75.5. The first-order valence-electron chi connectivity index (χ1n) is 31.8. The molecule has 8 aromatic carbocycles. The van der Waals surface area contributed by atoms with Crippen LogP contribution in [0.15, 0.2) is 200 Å². The maximum absolute atomic E-state index is 14.9. The average molecular weight is 1550 g/mol. The Morgan fingerprint density at radius 2 is 0.755 bits per heavy atom. The van der Waals surface area contributed by atoms with Crippen LogP contribution in [0.5, 0.6) is 0 Å². The second-order valence-corrected chi connectivity index (χ2v) is 25.3. The second-order valence-electron chi connectivity index (χ2n) is 23.6. The van der Waals surface area contributed by atoms with E-state index in [1.54, 1.807) is 27.7 Å². The Morgan fingerprint density at radius 1 is 0.443 bits per heavy atom. The average Bonchev–Trinajstić information content (AvgIpc) is 0.755. The summed E-state index contributed by atoms with van der Waals surface area (Å²) in [5, 5.41) is 13.4. The topological polar surface area (TPSA) is 186 Å². The Bertz CT molecular complexity index is 4900. The molecule has 5 atom stereocenters. The quantitative estimate of drug-likeness (QED) is 0.0529. The van der Waals surface area contributed by atoms with Crippen molar-refractivity contribution in [3.05, 3.63) is 315 Å². The van der Waals surface area contributed by atoms with E-state index in [1.165, 1.54) is 39.0 Å². The summed E-state index contributed by atoms with van der Waals surface area (Å²) >= 11 is 23.4. The standard InChI is InChI=1S/C28H22ClF4N3O2.C26H20ClF4N3O.C20H16ClF4N3O.C2H3ClO/c1-14(17-7-5-4-6-8-17)34-28(38)24-15(2)36(16(3)37)27(25-22(32)12-19(31)13-23(25)33)35-26(24)20-10-9-18(30)11-21(20)29;1-13(15-6-4-3-5-7-15)33-26(35)22-14(2)32-25(23-20(30)11-17(29)12-21(23)31)34-24(22)18-9-8-16(28)10-19(18)27;1-3-26-20(29)16-9(2)27-19(17-14(24)7-11(23)8-15(17)25)28-18(16)12-5-4-10(22)6-13(12)21;1-2(3)4/h4-14,26H,1-3H3,(H,34,38);3-13,24H,1-2H3,(H,32,34)(H,33,35);4-8,18H,3H2,1-2H3,(H,26,29)(H,27,28);1H3/t14-,26+;13-,24+;18-;/m110./s1. The molecule has 0 bridgehead atoms. The van der Waals surface area contributed by atoms with E-state index in [0.29, 0.717) is 42.9 Å². The third-order valence-electron chi connectivity index (χ3n) is 16.1. The van der Waals surface area contributed by atoms with Crippen molar-refractivity contribution >= 4 is 92.8 Å². The number of halogens is 16. The second kappa shape index (κ2) is 35.5.